The SMILES string of the molecule is COc1ccc(C2CN(S(=O)(=O)c3ccc(OC)c(OC)c3)CCO2)cc1. The fourth-order valence-corrected chi connectivity index (χ4v) is 4.43. The van der Waals surface area contributed by atoms with Gasteiger partial charge in [-0.2, -0.15) is 4.31 Å². The molecule has 0 amide bonds. The summed E-state index contributed by atoms with van der Waals surface area (Å²) in [5, 5.41) is 0. The van der Waals surface area contributed by atoms with Gasteiger partial charge in [-0.1, -0.05) is 12.1 Å². The fourth-order valence-electron chi connectivity index (χ4n) is 2.99. The van der Waals surface area contributed by atoms with Crippen molar-refractivity contribution in [3.63, 3.8) is 0 Å². The zero-order valence-corrected chi connectivity index (χ0v) is 16.4. The van der Waals surface area contributed by atoms with Crippen LogP contribution in [0.3, 0.4) is 0 Å². The molecular formula is C19H23NO6S. The number of benzene rings is 2. The fraction of sp³-hybridized carbons (Fsp3) is 0.368. The first-order chi connectivity index (χ1) is 13.0. The summed E-state index contributed by atoms with van der Waals surface area (Å²) in [5.74, 6) is 1.59. The van der Waals surface area contributed by atoms with Crippen molar-refractivity contribution >= 4 is 10.0 Å². The zero-order chi connectivity index (χ0) is 19.4. The van der Waals surface area contributed by atoms with Crippen molar-refractivity contribution in [2.75, 3.05) is 41.0 Å². The van der Waals surface area contributed by atoms with Crippen molar-refractivity contribution in [2.45, 2.75) is 11.0 Å². The average Bonchev–Trinajstić information content (AvgIpc) is 2.73. The van der Waals surface area contributed by atoms with Gasteiger partial charge in [-0.05, 0) is 29.8 Å². The van der Waals surface area contributed by atoms with Crippen LogP contribution in [0.2, 0.25) is 0 Å². The monoisotopic (exact) mass is 393 g/mol. The summed E-state index contributed by atoms with van der Waals surface area (Å²) in [6.07, 6.45) is -0.334. The van der Waals surface area contributed by atoms with E-state index in [0.717, 1.165) is 11.3 Å². The summed E-state index contributed by atoms with van der Waals surface area (Å²) in [7, 11) is 0.903. The van der Waals surface area contributed by atoms with Crippen molar-refractivity contribution in [3.05, 3.63) is 48.0 Å². The van der Waals surface area contributed by atoms with E-state index in [-0.39, 0.29) is 17.5 Å². The second-order valence-electron chi connectivity index (χ2n) is 6.01. The number of rotatable bonds is 6. The molecule has 0 radical (unpaired) electrons. The van der Waals surface area contributed by atoms with Crippen molar-refractivity contribution < 1.29 is 27.4 Å². The molecule has 1 aliphatic heterocycles. The molecule has 0 spiro atoms. The first kappa shape index (κ1) is 19.5. The summed E-state index contributed by atoms with van der Waals surface area (Å²) in [5.41, 5.74) is 0.906. The molecule has 0 aliphatic carbocycles. The number of morpholine rings is 1. The molecule has 0 aromatic heterocycles. The maximum atomic E-state index is 13.1. The Kier molecular flexibility index (Phi) is 5.88. The highest BCUT2D eigenvalue weighted by Crippen LogP contribution is 2.32. The lowest BCUT2D eigenvalue weighted by molar-refractivity contribution is -0.00257. The minimum Gasteiger partial charge on any atom is -0.497 e. The number of ether oxygens (including phenoxy) is 4. The van der Waals surface area contributed by atoms with Gasteiger partial charge in [0.15, 0.2) is 11.5 Å². The summed E-state index contributed by atoms with van der Waals surface area (Å²) >= 11 is 0. The second kappa shape index (κ2) is 8.16. The van der Waals surface area contributed by atoms with Gasteiger partial charge >= 0.3 is 0 Å². The zero-order valence-electron chi connectivity index (χ0n) is 15.5. The molecule has 0 saturated carbocycles. The third-order valence-electron chi connectivity index (χ3n) is 4.51. The predicted octanol–water partition coefficient (Wildman–Crippen LogP) is 2.47. The highest BCUT2D eigenvalue weighted by molar-refractivity contribution is 7.89. The first-order valence-electron chi connectivity index (χ1n) is 8.47. The van der Waals surface area contributed by atoms with Crippen LogP contribution in [-0.2, 0) is 14.8 Å². The van der Waals surface area contributed by atoms with Crippen LogP contribution in [0.4, 0.5) is 0 Å². The Labute approximate surface area is 159 Å². The van der Waals surface area contributed by atoms with Gasteiger partial charge in [0.25, 0.3) is 0 Å². The molecule has 1 unspecified atom stereocenters. The summed E-state index contributed by atoms with van der Waals surface area (Å²) in [4.78, 5) is 0.163. The smallest absolute Gasteiger partial charge is 0.243 e. The van der Waals surface area contributed by atoms with E-state index in [0.29, 0.717) is 24.7 Å². The van der Waals surface area contributed by atoms with Gasteiger partial charge in [0.05, 0.1) is 38.9 Å². The van der Waals surface area contributed by atoms with Gasteiger partial charge in [0.1, 0.15) is 5.75 Å². The Hall–Kier alpha value is -2.29. The van der Waals surface area contributed by atoms with Crippen LogP contribution in [0.1, 0.15) is 11.7 Å². The van der Waals surface area contributed by atoms with E-state index in [1.807, 2.05) is 24.3 Å². The largest absolute Gasteiger partial charge is 0.497 e. The molecule has 3 rings (SSSR count). The van der Waals surface area contributed by atoms with Crippen molar-refractivity contribution in [1.29, 1.82) is 0 Å². The number of nitrogens with zero attached hydrogens (tertiary/aromatic N) is 1. The molecule has 2 aromatic rings. The Morgan fingerprint density at radius 1 is 0.963 bits per heavy atom. The quantitative estimate of drug-likeness (QED) is 0.751. The molecule has 2 aromatic carbocycles. The highest BCUT2D eigenvalue weighted by atomic mass is 32.2. The highest BCUT2D eigenvalue weighted by Gasteiger charge is 2.32. The van der Waals surface area contributed by atoms with E-state index in [2.05, 4.69) is 0 Å². The van der Waals surface area contributed by atoms with E-state index >= 15 is 0 Å². The van der Waals surface area contributed by atoms with Crippen molar-refractivity contribution in [1.82, 2.24) is 4.31 Å². The van der Waals surface area contributed by atoms with Crippen LogP contribution in [0, 0.1) is 0 Å². The first-order valence-corrected chi connectivity index (χ1v) is 9.91. The van der Waals surface area contributed by atoms with Crippen LogP contribution in [-0.4, -0.2) is 53.7 Å². The molecule has 146 valence electrons. The van der Waals surface area contributed by atoms with Crippen molar-refractivity contribution in [3.8, 4) is 17.2 Å². The van der Waals surface area contributed by atoms with Crippen LogP contribution in [0.5, 0.6) is 17.2 Å². The third-order valence-corrected chi connectivity index (χ3v) is 6.37. The average molecular weight is 393 g/mol. The molecule has 0 bridgehead atoms. The Morgan fingerprint density at radius 3 is 2.30 bits per heavy atom. The maximum absolute atomic E-state index is 13.1. The summed E-state index contributed by atoms with van der Waals surface area (Å²) in [6.45, 7) is 0.857. The molecule has 1 aliphatic rings. The van der Waals surface area contributed by atoms with Crippen LogP contribution >= 0.6 is 0 Å². The standard InChI is InChI=1S/C19H23NO6S/c1-23-15-6-4-14(5-7-15)19-13-20(10-11-26-19)27(21,22)16-8-9-17(24-2)18(12-16)25-3/h4-9,12,19H,10-11,13H2,1-3H3. The normalized spacial score (nSPS) is 18.1. The number of methoxy groups -OCH3 is 3. The minimum atomic E-state index is -3.68. The van der Waals surface area contributed by atoms with Gasteiger partial charge in [-0.15, -0.1) is 0 Å². The van der Waals surface area contributed by atoms with Crippen LogP contribution < -0.4 is 14.2 Å². The topological polar surface area (TPSA) is 74.3 Å². The Bertz CT molecular complexity index is 882. The van der Waals surface area contributed by atoms with Gasteiger partial charge < -0.3 is 18.9 Å². The van der Waals surface area contributed by atoms with Gasteiger partial charge in [0.2, 0.25) is 10.0 Å². The van der Waals surface area contributed by atoms with Crippen LogP contribution in [0.25, 0.3) is 0 Å². The molecule has 1 heterocycles. The van der Waals surface area contributed by atoms with Gasteiger partial charge in [0, 0.05) is 19.2 Å². The minimum absolute atomic E-state index is 0.163. The van der Waals surface area contributed by atoms with E-state index in [9.17, 15) is 8.42 Å². The van der Waals surface area contributed by atoms with E-state index < -0.39 is 10.0 Å². The van der Waals surface area contributed by atoms with Crippen molar-refractivity contribution in [2.24, 2.45) is 0 Å². The summed E-state index contributed by atoms with van der Waals surface area (Å²) in [6, 6.07) is 12.0. The number of sulfonamides is 1. The maximum Gasteiger partial charge on any atom is 0.243 e. The lowest BCUT2D eigenvalue weighted by Gasteiger charge is -2.32. The van der Waals surface area contributed by atoms with E-state index in [4.69, 9.17) is 18.9 Å². The molecule has 0 N–H and O–H groups in total. The molecule has 7 nitrogen and oxygen atoms in total. The Balaban J connectivity index is 1.83. The second-order valence-corrected chi connectivity index (χ2v) is 7.95. The van der Waals surface area contributed by atoms with Gasteiger partial charge in [-0.3, -0.25) is 0 Å². The Morgan fingerprint density at radius 2 is 1.67 bits per heavy atom. The van der Waals surface area contributed by atoms with E-state index in [1.54, 1.807) is 13.2 Å². The van der Waals surface area contributed by atoms with E-state index in [1.165, 1.54) is 30.7 Å². The predicted molar refractivity (Wildman–Crippen MR) is 100.0 cm³/mol. The molecule has 1 atom stereocenters. The van der Waals surface area contributed by atoms with Crippen LogP contribution in [0.15, 0.2) is 47.4 Å². The molecule has 1 saturated heterocycles. The molecule has 1 fully saturated rings. The summed E-state index contributed by atoms with van der Waals surface area (Å²) < 4.78 is 49.0. The molecule has 27 heavy (non-hydrogen) atoms. The lowest BCUT2D eigenvalue weighted by Crippen LogP contribution is -2.42. The van der Waals surface area contributed by atoms with Gasteiger partial charge in [-0.25, -0.2) is 8.42 Å². The lowest BCUT2D eigenvalue weighted by atomic mass is 10.1. The third kappa shape index (κ3) is 4.02. The number of hydrogen-bond acceptors (Lipinski definition) is 6. The molecular weight excluding hydrogens is 370 g/mol. The molecule has 8 heteroatoms. The number of hydrogen-bond donors (Lipinski definition) is 0.